The van der Waals surface area contributed by atoms with E-state index < -0.39 is 6.04 Å². The number of aromatic nitrogens is 2. The molecule has 7 nitrogen and oxygen atoms in total. The quantitative estimate of drug-likeness (QED) is 0.612. The Labute approximate surface area is 193 Å². The molecule has 1 aromatic heterocycles. The standard InChI is InChI=1S/C26H30N4O3/c1-16-9-8-13-20(17(16)2)30-25(32)22(29-21-12-6-4-10-18(21)28-26(29)30)15-24(31)27-19-11-5-7-14-23(19)33-3/h4-7,10-12,14,16-17,20,22H,8-9,13,15H2,1-3H3,(H,27,31)/t16-,17+,20+,22-/m1/s1. The second-order valence-electron chi connectivity index (χ2n) is 9.28. The molecule has 1 saturated carbocycles. The van der Waals surface area contributed by atoms with E-state index in [1.165, 1.54) is 6.42 Å². The lowest BCUT2D eigenvalue weighted by Crippen LogP contribution is -2.47. The average molecular weight is 447 g/mol. The van der Waals surface area contributed by atoms with Crippen LogP contribution < -0.4 is 15.0 Å². The summed E-state index contributed by atoms with van der Waals surface area (Å²) in [7, 11) is 1.57. The number of hydrogen-bond donors (Lipinski definition) is 1. The molecule has 0 saturated heterocycles. The van der Waals surface area contributed by atoms with Crippen molar-refractivity contribution in [3.8, 4) is 5.75 Å². The Morgan fingerprint density at radius 3 is 2.70 bits per heavy atom. The van der Waals surface area contributed by atoms with Crippen LogP contribution in [-0.4, -0.2) is 34.5 Å². The first-order valence-electron chi connectivity index (χ1n) is 11.7. The summed E-state index contributed by atoms with van der Waals surface area (Å²) in [4.78, 5) is 33.6. The van der Waals surface area contributed by atoms with Gasteiger partial charge in [0.05, 0.1) is 30.3 Å². The van der Waals surface area contributed by atoms with E-state index in [1.807, 2.05) is 45.9 Å². The number of nitrogens with zero attached hydrogens (tertiary/aromatic N) is 3. The lowest BCUT2D eigenvalue weighted by Gasteiger charge is -2.39. The van der Waals surface area contributed by atoms with Gasteiger partial charge >= 0.3 is 0 Å². The Morgan fingerprint density at radius 2 is 1.88 bits per heavy atom. The van der Waals surface area contributed by atoms with Gasteiger partial charge in [-0.1, -0.05) is 51.0 Å². The molecule has 0 spiro atoms. The van der Waals surface area contributed by atoms with Gasteiger partial charge in [0.1, 0.15) is 11.8 Å². The van der Waals surface area contributed by atoms with Crippen LogP contribution in [0, 0.1) is 11.8 Å². The largest absolute Gasteiger partial charge is 0.495 e. The first-order chi connectivity index (χ1) is 16.0. The molecule has 1 fully saturated rings. The van der Waals surface area contributed by atoms with Crippen LogP contribution in [-0.2, 0) is 9.59 Å². The summed E-state index contributed by atoms with van der Waals surface area (Å²) in [6.07, 6.45) is 3.28. The van der Waals surface area contributed by atoms with Crippen molar-refractivity contribution in [2.45, 2.75) is 51.6 Å². The van der Waals surface area contributed by atoms with E-state index in [-0.39, 0.29) is 24.3 Å². The molecular formula is C26H30N4O3. The zero-order valence-electron chi connectivity index (χ0n) is 19.3. The highest BCUT2D eigenvalue weighted by atomic mass is 16.5. The number of hydrogen-bond acceptors (Lipinski definition) is 4. The topological polar surface area (TPSA) is 76.5 Å². The summed E-state index contributed by atoms with van der Waals surface area (Å²) in [6.45, 7) is 4.50. The normalized spacial score (nSPS) is 24.7. The van der Waals surface area contributed by atoms with Crippen LogP contribution in [0.1, 0.15) is 45.6 Å². The number of ether oxygens (including phenoxy) is 1. The summed E-state index contributed by atoms with van der Waals surface area (Å²) >= 11 is 0. The van der Waals surface area contributed by atoms with Crippen molar-refractivity contribution < 1.29 is 14.3 Å². The zero-order valence-corrected chi connectivity index (χ0v) is 19.3. The van der Waals surface area contributed by atoms with Crippen LogP contribution in [0.3, 0.4) is 0 Å². The molecule has 4 atom stereocenters. The monoisotopic (exact) mass is 446 g/mol. The maximum absolute atomic E-state index is 13.8. The number of carbonyl (C=O) groups excluding carboxylic acids is 2. The summed E-state index contributed by atoms with van der Waals surface area (Å²) in [6, 6.07) is 14.6. The van der Waals surface area contributed by atoms with Gasteiger partial charge in [0, 0.05) is 6.04 Å². The molecule has 1 aliphatic heterocycles. The van der Waals surface area contributed by atoms with Crippen LogP contribution in [0.2, 0.25) is 0 Å². The number of benzene rings is 2. The number of imidazole rings is 1. The summed E-state index contributed by atoms with van der Waals surface area (Å²) in [5, 5.41) is 2.92. The van der Waals surface area contributed by atoms with E-state index in [0.717, 1.165) is 23.9 Å². The third-order valence-corrected chi connectivity index (χ3v) is 7.38. The van der Waals surface area contributed by atoms with E-state index in [0.29, 0.717) is 29.2 Å². The fraction of sp³-hybridized carbons (Fsp3) is 0.423. The molecular weight excluding hydrogens is 416 g/mol. The van der Waals surface area contributed by atoms with Gasteiger partial charge in [-0.15, -0.1) is 0 Å². The molecule has 0 radical (unpaired) electrons. The average Bonchev–Trinajstić information content (AvgIpc) is 3.30. The van der Waals surface area contributed by atoms with Gasteiger partial charge in [-0.3, -0.25) is 19.1 Å². The van der Waals surface area contributed by atoms with E-state index in [4.69, 9.17) is 9.72 Å². The molecule has 172 valence electrons. The van der Waals surface area contributed by atoms with Crippen LogP contribution >= 0.6 is 0 Å². The molecule has 1 N–H and O–H groups in total. The lowest BCUT2D eigenvalue weighted by molar-refractivity contribution is -0.125. The van der Waals surface area contributed by atoms with Gasteiger partial charge in [0.25, 0.3) is 5.91 Å². The lowest BCUT2D eigenvalue weighted by atomic mass is 9.77. The number of para-hydroxylation sites is 4. The third-order valence-electron chi connectivity index (χ3n) is 7.38. The SMILES string of the molecule is COc1ccccc1NC(=O)C[C@@H]1C(=O)N([C@H]2CCC[C@@H](C)[C@@H]2C)c2nc3ccccc3n21. The van der Waals surface area contributed by atoms with Crippen molar-refractivity contribution in [1.29, 1.82) is 0 Å². The second kappa shape index (κ2) is 8.54. The Morgan fingerprint density at radius 1 is 1.12 bits per heavy atom. The number of rotatable bonds is 5. The molecule has 0 unspecified atom stereocenters. The van der Waals surface area contributed by atoms with Gasteiger partial charge in [0.15, 0.2) is 0 Å². The minimum Gasteiger partial charge on any atom is -0.495 e. The van der Waals surface area contributed by atoms with Crippen molar-refractivity contribution in [1.82, 2.24) is 9.55 Å². The van der Waals surface area contributed by atoms with Crippen LogP contribution in [0.4, 0.5) is 11.6 Å². The Balaban J connectivity index is 1.49. The smallest absolute Gasteiger partial charge is 0.253 e. The highest BCUT2D eigenvalue weighted by molar-refractivity contribution is 6.05. The van der Waals surface area contributed by atoms with E-state index in [2.05, 4.69) is 19.2 Å². The van der Waals surface area contributed by atoms with Crippen LogP contribution in [0.25, 0.3) is 11.0 Å². The van der Waals surface area contributed by atoms with Gasteiger partial charge in [0.2, 0.25) is 11.9 Å². The predicted octanol–water partition coefficient (Wildman–Crippen LogP) is 4.79. The number of nitrogens with one attached hydrogen (secondary N) is 1. The van der Waals surface area contributed by atoms with E-state index in [9.17, 15) is 9.59 Å². The van der Waals surface area contributed by atoms with Crippen LogP contribution in [0.15, 0.2) is 48.5 Å². The maximum atomic E-state index is 13.8. The minimum atomic E-state index is -0.619. The molecule has 3 aromatic rings. The Hall–Kier alpha value is -3.35. The van der Waals surface area contributed by atoms with E-state index in [1.54, 1.807) is 19.2 Å². The number of amides is 2. The number of anilines is 2. The fourth-order valence-corrected chi connectivity index (χ4v) is 5.41. The predicted molar refractivity (Wildman–Crippen MR) is 128 cm³/mol. The van der Waals surface area contributed by atoms with Crippen molar-refractivity contribution in [2.75, 3.05) is 17.3 Å². The highest BCUT2D eigenvalue weighted by Crippen LogP contribution is 2.42. The molecule has 2 amide bonds. The molecule has 2 aromatic carbocycles. The maximum Gasteiger partial charge on any atom is 0.253 e. The Bertz CT molecular complexity index is 1200. The molecule has 2 aliphatic rings. The van der Waals surface area contributed by atoms with Crippen molar-refractivity contribution >= 4 is 34.5 Å². The minimum absolute atomic E-state index is 0.0376. The molecule has 1 aliphatic carbocycles. The van der Waals surface area contributed by atoms with Crippen molar-refractivity contribution in [3.05, 3.63) is 48.5 Å². The first-order valence-corrected chi connectivity index (χ1v) is 11.7. The number of carbonyl (C=O) groups is 2. The summed E-state index contributed by atoms with van der Waals surface area (Å²) in [5.74, 6) is 1.91. The van der Waals surface area contributed by atoms with Gasteiger partial charge in [-0.25, -0.2) is 4.98 Å². The van der Waals surface area contributed by atoms with Crippen molar-refractivity contribution in [2.24, 2.45) is 11.8 Å². The molecule has 0 bridgehead atoms. The first kappa shape index (κ1) is 21.5. The van der Waals surface area contributed by atoms with Crippen molar-refractivity contribution in [3.63, 3.8) is 0 Å². The zero-order chi connectivity index (χ0) is 23.1. The van der Waals surface area contributed by atoms with Crippen LogP contribution in [0.5, 0.6) is 5.75 Å². The number of methoxy groups -OCH3 is 1. The third kappa shape index (κ3) is 3.65. The highest BCUT2D eigenvalue weighted by Gasteiger charge is 2.46. The fourth-order valence-electron chi connectivity index (χ4n) is 5.41. The van der Waals surface area contributed by atoms with E-state index >= 15 is 0 Å². The Kier molecular flexibility index (Phi) is 5.56. The molecule has 33 heavy (non-hydrogen) atoms. The van der Waals surface area contributed by atoms with Gasteiger partial charge in [-0.2, -0.15) is 0 Å². The van der Waals surface area contributed by atoms with Gasteiger partial charge in [-0.05, 0) is 42.5 Å². The second-order valence-corrected chi connectivity index (χ2v) is 9.28. The number of fused-ring (bicyclic) bond motifs is 3. The molecule has 5 rings (SSSR count). The summed E-state index contributed by atoms with van der Waals surface area (Å²) in [5.41, 5.74) is 2.32. The molecule has 7 heteroatoms. The molecule has 2 heterocycles. The summed E-state index contributed by atoms with van der Waals surface area (Å²) < 4.78 is 7.32. The van der Waals surface area contributed by atoms with Gasteiger partial charge < -0.3 is 10.1 Å².